The Balaban J connectivity index is 1.67. The minimum atomic E-state index is -0.442. The maximum Gasteiger partial charge on any atom is 0.338 e. The number of rotatable bonds is 6. The smallest absolute Gasteiger partial charge is 0.338 e. The lowest BCUT2D eigenvalue weighted by atomic mass is 9.93. The van der Waals surface area contributed by atoms with Crippen LogP contribution in [0.15, 0.2) is 109 Å². The van der Waals surface area contributed by atoms with E-state index in [1.165, 1.54) is 0 Å². The first-order valence-electron chi connectivity index (χ1n) is 10.8. The quantitative estimate of drug-likeness (QED) is 0.179. The number of benzene rings is 4. The van der Waals surface area contributed by atoms with Crippen molar-refractivity contribution in [2.75, 3.05) is 0 Å². The second-order valence-corrected chi connectivity index (χ2v) is 8.09. The number of ether oxygens (including phenoxy) is 2. The second-order valence-electron chi connectivity index (χ2n) is 8.09. The van der Waals surface area contributed by atoms with E-state index in [9.17, 15) is 9.59 Å². The van der Waals surface area contributed by atoms with Crippen molar-refractivity contribution in [3.8, 4) is 33.8 Å². The van der Waals surface area contributed by atoms with Crippen LogP contribution >= 0.6 is 0 Å². The molecule has 0 aliphatic heterocycles. The molecule has 0 atom stereocenters. The van der Waals surface area contributed by atoms with Gasteiger partial charge in [0.25, 0.3) is 0 Å². The van der Waals surface area contributed by atoms with Gasteiger partial charge in [0.1, 0.15) is 11.5 Å². The molecule has 4 aromatic rings. The first kappa shape index (κ1) is 22.7. The van der Waals surface area contributed by atoms with Gasteiger partial charge in [-0.1, -0.05) is 73.8 Å². The van der Waals surface area contributed by atoms with Crippen molar-refractivity contribution >= 4 is 22.7 Å². The third-order valence-corrected chi connectivity index (χ3v) is 5.37. The highest BCUT2D eigenvalue weighted by atomic mass is 16.5. The van der Waals surface area contributed by atoms with E-state index in [0.717, 1.165) is 33.0 Å². The summed E-state index contributed by atoms with van der Waals surface area (Å²) in [7, 11) is 0. The summed E-state index contributed by atoms with van der Waals surface area (Å²) in [6, 6.07) is 27.3. The monoisotopic (exact) mass is 448 g/mol. The molecule has 0 amide bonds. The highest BCUT2D eigenvalue weighted by molar-refractivity contribution is 6.04. The topological polar surface area (TPSA) is 52.6 Å². The second kappa shape index (κ2) is 9.59. The van der Waals surface area contributed by atoms with Crippen molar-refractivity contribution < 1.29 is 19.1 Å². The van der Waals surface area contributed by atoms with E-state index in [1.54, 1.807) is 38.1 Å². The number of carbonyl (C=O) groups is 2. The maximum absolute atomic E-state index is 11.8. The SMILES string of the molecule is C=C(C)C(=O)Oc1ccc(-c2cccc3c(-c4ccc(OC(=O)C(=C)C)cc4)cccc23)cc1. The van der Waals surface area contributed by atoms with Crippen molar-refractivity contribution in [1.82, 2.24) is 0 Å². The van der Waals surface area contributed by atoms with Gasteiger partial charge < -0.3 is 9.47 Å². The number of fused-ring (bicyclic) bond motifs is 1. The molecule has 0 aliphatic carbocycles. The number of hydrogen-bond acceptors (Lipinski definition) is 4. The van der Waals surface area contributed by atoms with E-state index in [4.69, 9.17) is 9.47 Å². The molecule has 0 aromatic heterocycles. The fourth-order valence-corrected chi connectivity index (χ4v) is 3.61. The lowest BCUT2D eigenvalue weighted by Gasteiger charge is -2.12. The van der Waals surface area contributed by atoms with Crippen molar-refractivity contribution in [1.29, 1.82) is 0 Å². The first-order chi connectivity index (χ1) is 16.3. The average Bonchev–Trinajstić information content (AvgIpc) is 2.84. The fraction of sp³-hybridized carbons (Fsp3) is 0.0667. The molecule has 0 bridgehead atoms. The number of hydrogen-bond donors (Lipinski definition) is 0. The third kappa shape index (κ3) is 4.81. The normalized spacial score (nSPS) is 10.5. The Morgan fingerprint density at radius 2 is 0.912 bits per heavy atom. The molecule has 4 rings (SSSR count). The Morgan fingerprint density at radius 1 is 0.559 bits per heavy atom. The lowest BCUT2D eigenvalue weighted by Crippen LogP contribution is -2.07. The molecule has 0 heterocycles. The third-order valence-electron chi connectivity index (χ3n) is 5.37. The zero-order valence-electron chi connectivity index (χ0n) is 19.1. The van der Waals surface area contributed by atoms with Crippen LogP contribution < -0.4 is 9.47 Å². The molecule has 0 unspecified atom stereocenters. The molecule has 4 nitrogen and oxygen atoms in total. The van der Waals surface area contributed by atoms with Gasteiger partial charge in [0.2, 0.25) is 0 Å². The van der Waals surface area contributed by atoms with Crippen LogP contribution in [0.2, 0.25) is 0 Å². The highest BCUT2D eigenvalue weighted by Gasteiger charge is 2.11. The lowest BCUT2D eigenvalue weighted by molar-refractivity contribution is -0.130. The predicted molar refractivity (Wildman–Crippen MR) is 136 cm³/mol. The summed E-state index contributed by atoms with van der Waals surface area (Å²) in [6.07, 6.45) is 0. The van der Waals surface area contributed by atoms with Crippen LogP contribution in [0, 0.1) is 0 Å². The number of esters is 2. The van der Waals surface area contributed by atoms with Gasteiger partial charge in [-0.3, -0.25) is 0 Å². The van der Waals surface area contributed by atoms with E-state index >= 15 is 0 Å². The molecule has 0 N–H and O–H groups in total. The molecule has 0 saturated heterocycles. The van der Waals surface area contributed by atoms with Gasteiger partial charge in [0.05, 0.1) is 0 Å². The molecule has 34 heavy (non-hydrogen) atoms. The summed E-state index contributed by atoms with van der Waals surface area (Å²) in [5.41, 5.74) is 4.88. The van der Waals surface area contributed by atoms with Gasteiger partial charge in [-0.15, -0.1) is 0 Å². The van der Waals surface area contributed by atoms with Crippen LogP contribution in [-0.4, -0.2) is 11.9 Å². The summed E-state index contributed by atoms with van der Waals surface area (Å²) in [5, 5.41) is 2.20. The molecule has 0 aliphatic rings. The summed E-state index contributed by atoms with van der Waals surface area (Å²) < 4.78 is 10.6. The molecule has 0 saturated carbocycles. The maximum atomic E-state index is 11.8. The van der Waals surface area contributed by atoms with Gasteiger partial charge in [-0.05, 0) is 71.1 Å². The van der Waals surface area contributed by atoms with Crippen LogP contribution in [0.1, 0.15) is 13.8 Å². The largest absolute Gasteiger partial charge is 0.423 e. The van der Waals surface area contributed by atoms with Crippen molar-refractivity contribution in [3.05, 3.63) is 109 Å². The van der Waals surface area contributed by atoms with Gasteiger partial charge in [-0.2, -0.15) is 0 Å². The summed E-state index contributed by atoms with van der Waals surface area (Å²) in [6.45, 7) is 10.5. The van der Waals surface area contributed by atoms with E-state index < -0.39 is 11.9 Å². The Morgan fingerprint density at radius 3 is 1.24 bits per heavy atom. The molecule has 168 valence electrons. The Bertz CT molecular complexity index is 1300. The van der Waals surface area contributed by atoms with Crippen LogP contribution in [-0.2, 0) is 9.59 Å². The Kier molecular flexibility index (Phi) is 6.42. The summed E-state index contributed by atoms with van der Waals surface area (Å²) in [5.74, 6) is 0.0705. The summed E-state index contributed by atoms with van der Waals surface area (Å²) >= 11 is 0. The molecule has 4 heteroatoms. The fourth-order valence-electron chi connectivity index (χ4n) is 3.61. The van der Waals surface area contributed by atoms with Crippen molar-refractivity contribution in [2.45, 2.75) is 13.8 Å². The van der Waals surface area contributed by atoms with Crippen molar-refractivity contribution in [3.63, 3.8) is 0 Å². The predicted octanol–water partition coefficient (Wildman–Crippen LogP) is 7.14. The first-order valence-corrected chi connectivity index (χ1v) is 10.8. The molecule has 0 radical (unpaired) electrons. The van der Waals surface area contributed by atoms with Crippen LogP contribution in [0.3, 0.4) is 0 Å². The van der Waals surface area contributed by atoms with E-state index in [1.807, 2.05) is 36.4 Å². The highest BCUT2D eigenvalue weighted by Crippen LogP contribution is 2.35. The molecule has 0 fully saturated rings. The van der Waals surface area contributed by atoms with Gasteiger partial charge in [0.15, 0.2) is 0 Å². The standard InChI is InChI=1S/C30H24O4/c1-19(2)29(31)33-23-15-11-21(12-16-23)25-7-5-10-28-26(8-6-9-27(25)28)22-13-17-24(18-14-22)34-30(32)20(3)4/h5-18H,1,3H2,2,4H3. The minimum absolute atomic E-state index is 0.354. The summed E-state index contributed by atoms with van der Waals surface area (Å²) in [4.78, 5) is 23.5. The van der Waals surface area contributed by atoms with Gasteiger partial charge >= 0.3 is 11.9 Å². The van der Waals surface area contributed by atoms with E-state index in [2.05, 4.69) is 37.4 Å². The van der Waals surface area contributed by atoms with Gasteiger partial charge in [0, 0.05) is 11.1 Å². The zero-order chi connectivity index (χ0) is 24.2. The minimum Gasteiger partial charge on any atom is -0.423 e. The van der Waals surface area contributed by atoms with Gasteiger partial charge in [-0.25, -0.2) is 9.59 Å². The van der Waals surface area contributed by atoms with Crippen LogP contribution in [0.4, 0.5) is 0 Å². The van der Waals surface area contributed by atoms with E-state index in [-0.39, 0.29) is 0 Å². The average molecular weight is 449 g/mol. The van der Waals surface area contributed by atoms with Crippen LogP contribution in [0.25, 0.3) is 33.0 Å². The zero-order valence-corrected chi connectivity index (χ0v) is 19.1. The Hall–Kier alpha value is -4.44. The molecular formula is C30H24O4. The molecule has 0 spiro atoms. The molecular weight excluding hydrogens is 424 g/mol. The van der Waals surface area contributed by atoms with E-state index in [0.29, 0.717) is 22.6 Å². The van der Waals surface area contributed by atoms with Crippen LogP contribution in [0.5, 0.6) is 11.5 Å². The van der Waals surface area contributed by atoms with Crippen molar-refractivity contribution in [2.24, 2.45) is 0 Å². The molecule has 4 aromatic carbocycles. The number of carbonyl (C=O) groups excluding carboxylic acids is 2. The Labute approximate surface area is 198 Å².